The van der Waals surface area contributed by atoms with Crippen LogP contribution >= 0.6 is 0 Å². The van der Waals surface area contributed by atoms with E-state index in [1.807, 2.05) is 6.92 Å². The van der Waals surface area contributed by atoms with Crippen LogP contribution in [0.1, 0.15) is 28.7 Å². The quantitative estimate of drug-likeness (QED) is 0.751. The summed E-state index contributed by atoms with van der Waals surface area (Å²) in [5.74, 6) is -0.0458. The van der Waals surface area contributed by atoms with Gasteiger partial charge in [0.05, 0.1) is 17.1 Å². The minimum Gasteiger partial charge on any atom is -0.308 e. The number of carbonyl (C=O) groups is 2. The van der Waals surface area contributed by atoms with Crippen LogP contribution in [-0.2, 0) is 0 Å². The molecule has 0 atom stereocenters. The van der Waals surface area contributed by atoms with Crippen LogP contribution in [0.2, 0.25) is 0 Å². The van der Waals surface area contributed by atoms with Crippen LogP contribution in [0, 0.1) is 13.8 Å². The molecule has 0 fully saturated rings. The van der Waals surface area contributed by atoms with Crippen molar-refractivity contribution in [2.45, 2.75) is 20.8 Å². The van der Waals surface area contributed by atoms with Crippen LogP contribution in [0.4, 0.5) is 16.2 Å². The summed E-state index contributed by atoms with van der Waals surface area (Å²) in [5, 5.41) is 12.2. The van der Waals surface area contributed by atoms with Crippen molar-refractivity contribution >= 4 is 23.2 Å². The van der Waals surface area contributed by atoms with Crippen molar-refractivity contribution in [3.05, 3.63) is 41.2 Å². The summed E-state index contributed by atoms with van der Waals surface area (Å²) in [6, 6.07) is 6.41. The molecule has 1 heterocycles. The van der Waals surface area contributed by atoms with E-state index in [0.717, 1.165) is 11.4 Å². The number of anilines is 2. The number of rotatable bonds is 3. The van der Waals surface area contributed by atoms with Crippen molar-refractivity contribution in [3.8, 4) is 0 Å². The molecular weight excluding hydrogens is 256 g/mol. The van der Waals surface area contributed by atoms with E-state index in [1.54, 1.807) is 31.2 Å². The van der Waals surface area contributed by atoms with Crippen LogP contribution < -0.4 is 10.6 Å². The largest absolute Gasteiger partial charge is 0.323 e. The molecule has 1 aromatic carbocycles. The number of nitrogens with one attached hydrogen (secondary N) is 3. The molecule has 0 unspecified atom stereocenters. The SMILES string of the molecule is CC(=O)c1cccc(NC(=O)Nc2c(C)n[nH]c2C)c1. The van der Waals surface area contributed by atoms with Gasteiger partial charge in [0.1, 0.15) is 0 Å². The average Bonchev–Trinajstić information content (AvgIpc) is 2.71. The smallest absolute Gasteiger partial charge is 0.308 e. The number of benzene rings is 1. The molecular formula is C14H16N4O2. The first-order chi connectivity index (χ1) is 9.47. The standard InChI is InChI=1S/C14H16N4O2/c1-8-13(9(2)18-17-8)16-14(20)15-12-6-4-5-11(7-12)10(3)19/h4-7H,1-3H3,(H,17,18)(H2,15,16,20). The van der Waals surface area contributed by atoms with E-state index in [-0.39, 0.29) is 11.8 Å². The van der Waals surface area contributed by atoms with E-state index in [2.05, 4.69) is 20.8 Å². The number of aryl methyl sites for hydroxylation is 2. The highest BCUT2D eigenvalue weighted by Gasteiger charge is 2.10. The number of H-pyrrole nitrogens is 1. The van der Waals surface area contributed by atoms with E-state index in [9.17, 15) is 9.59 Å². The predicted octanol–water partition coefficient (Wildman–Crippen LogP) is 2.87. The summed E-state index contributed by atoms with van der Waals surface area (Å²) in [7, 11) is 0. The lowest BCUT2D eigenvalue weighted by Gasteiger charge is -2.08. The third-order valence-corrected chi connectivity index (χ3v) is 2.89. The van der Waals surface area contributed by atoms with Gasteiger partial charge in [-0.05, 0) is 32.9 Å². The number of Topliss-reactive ketones (excluding diaryl/α,β-unsaturated/α-hetero) is 1. The molecule has 2 rings (SSSR count). The highest BCUT2D eigenvalue weighted by Crippen LogP contribution is 2.17. The van der Waals surface area contributed by atoms with Crippen molar-refractivity contribution in [3.63, 3.8) is 0 Å². The van der Waals surface area contributed by atoms with Crippen LogP contribution in [0.5, 0.6) is 0 Å². The van der Waals surface area contributed by atoms with Gasteiger partial charge in [-0.2, -0.15) is 5.10 Å². The highest BCUT2D eigenvalue weighted by atomic mass is 16.2. The number of hydrogen-bond acceptors (Lipinski definition) is 3. The summed E-state index contributed by atoms with van der Waals surface area (Å²) in [6.07, 6.45) is 0. The fraction of sp³-hybridized carbons (Fsp3) is 0.214. The van der Waals surface area contributed by atoms with Gasteiger partial charge in [0.25, 0.3) is 0 Å². The van der Waals surface area contributed by atoms with Gasteiger partial charge < -0.3 is 10.6 Å². The second-order valence-corrected chi connectivity index (χ2v) is 4.53. The Balaban J connectivity index is 2.09. The molecule has 0 radical (unpaired) electrons. The molecule has 0 spiro atoms. The first-order valence-corrected chi connectivity index (χ1v) is 6.18. The third kappa shape index (κ3) is 3.03. The Morgan fingerprint density at radius 2 is 1.95 bits per heavy atom. The van der Waals surface area contributed by atoms with E-state index < -0.39 is 0 Å². The predicted molar refractivity (Wildman–Crippen MR) is 77.1 cm³/mol. The third-order valence-electron chi connectivity index (χ3n) is 2.89. The molecule has 0 saturated carbocycles. The normalized spacial score (nSPS) is 10.2. The lowest BCUT2D eigenvalue weighted by atomic mass is 10.1. The number of carbonyl (C=O) groups excluding carboxylic acids is 2. The van der Waals surface area contributed by atoms with Gasteiger partial charge in [-0.3, -0.25) is 9.89 Å². The molecule has 1 aromatic heterocycles. The van der Waals surface area contributed by atoms with E-state index in [1.165, 1.54) is 6.92 Å². The van der Waals surface area contributed by atoms with Crippen molar-refractivity contribution in [1.82, 2.24) is 10.2 Å². The second-order valence-electron chi connectivity index (χ2n) is 4.53. The fourth-order valence-electron chi connectivity index (χ4n) is 1.83. The summed E-state index contributed by atoms with van der Waals surface area (Å²) in [6.45, 7) is 5.11. The molecule has 20 heavy (non-hydrogen) atoms. The molecule has 0 saturated heterocycles. The Kier molecular flexibility index (Phi) is 3.84. The Labute approximate surface area is 116 Å². The Bertz CT molecular complexity index is 641. The van der Waals surface area contributed by atoms with E-state index in [4.69, 9.17) is 0 Å². The minimum atomic E-state index is -0.377. The van der Waals surface area contributed by atoms with Crippen molar-refractivity contribution in [2.24, 2.45) is 0 Å². The zero-order chi connectivity index (χ0) is 14.7. The topological polar surface area (TPSA) is 86.9 Å². The average molecular weight is 272 g/mol. The van der Waals surface area contributed by atoms with Gasteiger partial charge >= 0.3 is 6.03 Å². The number of hydrogen-bond donors (Lipinski definition) is 3. The van der Waals surface area contributed by atoms with Crippen molar-refractivity contribution in [2.75, 3.05) is 10.6 Å². The number of aromatic amines is 1. The Hall–Kier alpha value is -2.63. The molecule has 104 valence electrons. The molecule has 0 aliphatic heterocycles. The van der Waals surface area contributed by atoms with Crippen LogP contribution in [0.3, 0.4) is 0 Å². The molecule has 2 amide bonds. The van der Waals surface area contributed by atoms with Gasteiger partial charge in [-0.25, -0.2) is 4.79 Å². The summed E-state index contributed by atoms with van der Waals surface area (Å²) < 4.78 is 0. The fourth-order valence-corrected chi connectivity index (χ4v) is 1.83. The van der Waals surface area contributed by atoms with Crippen molar-refractivity contribution in [1.29, 1.82) is 0 Å². The summed E-state index contributed by atoms with van der Waals surface area (Å²) in [5.41, 5.74) is 3.28. The van der Waals surface area contributed by atoms with Gasteiger partial charge in [-0.15, -0.1) is 0 Å². The van der Waals surface area contributed by atoms with Crippen LogP contribution in [0.15, 0.2) is 24.3 Å². The second kappa shape index (κ2) is 5.56. The van der Waals surface area contributed by atoms with E-state index >= 15 is 0 Å². The lowest BCUT2D eigenvalue weighted by molar-refractivity contribution is 0.101. The molecule has 6 nitrogen and oxygen atoms in total. The first kappa shape index (κ1) is 13.8. The van der Waals surface area contributed by atoms with Crippen LogP contribution in [-0.4, -0.2) is 22.0 Å². The van der Waals surface area contributed by atoms with E-state index in [0.29, 0.717) is 16.9 Å². The maximum absolute atomic E-state index is 11.9. The molecule has 0 aliphatic rings. The zero-order valence-electron chi connectivity index (χ0n) is 11.6. The van der Waals surface area contributed by atoms with Gasteiger partial charge in [0.2, 0.25) is 0 Å². The lowest BCUT2D eigenvalue weighted by Crippen LogP contribution is -2.20. The number of aromatic nitrogens is 2. The number of amides is 2. The van der Waals surface area contributed by atoms with Gasteiger partial charge in [0, 0.05) is 11.3 Å². The van der Waals surface area contributed by atoms with Gasteiger partial charge in [0.15, 0.2) is 5.78 Å². The van der Waals surface area contributed by atoms with Crippen LogP contribution in [0.25, 0.3) is 0 Å². The molecule has 0 bridgehead atoms. The summed E-state index contributed by atoms with van der Waals surface area (Å²) in [4.78, 5) is 23.2. The first-order valence-electron chi connectivity index (χ1n) is 6.18. The van der Waals surface area contributed by atoms with Gasteiger partial charge in [-0.1, -0.05) is 12.1 Å². The number of nitrogens with zero attached hydrogens (tertiary/aromatic N) is 1. The maximum Gasteiger partial charge on any atom is 0.323 e. The van der Waals surface area contributed by atoms with Crippen molar-refractivity contribution < 1.29 is 9.59 Å². The molecule has 3 N–H and O–H groups in total. The minimum absolute atomic E-state index is 0.0458. The molecule has 0 aliphatic carbocycles. The zero-order valence-corrected chi connectivity index (χ0v) is 11.6. The Morgan fingerprint density at radius 1 is 1.20 bits per heavy atom. The monoisotopic (exact) mass is 272 g/mol. The Morgan fingerprint density at radius 3 is 2.55 bits per heavy atom. The number of ketones is 1. The molecule has 2 aromatic rings. The molecule has 6 heteroatoms. The summed E-state index contributed by atoms with van der Waals surface area (Å²) >= 11 is 0. The highest BCUT2D eigenvalue weighted by molar-refractivity contribution is 6.01. The maximum atomic E-state index is 11.9. The number of urea groups is 1.